The van der Waals surface area contributed by atoms with Crippen molar-refractivity contribution in [3.8, 4) is 0 Å². The maximum Gasteiger partial charge on any atom is -0.00192 e. The molecule has 0 amide bonds. The van der Waals surface area contributed by atoms with Crippen LogP contribution < -0.4 is 0 Å². The highest BCUT2D eigenvalue weighted by Crippen LogP contribution is 2.51. The molecule has 0 saturated heterocycles. The fourth-order valence-electron chi connectivity index (χ4n) is 3.12. The first kappa shape index (κ1) is 9.51. The summed E-state index contributed by atoms with van der Waals surface area (Å²) in [6.45, 7) is 4.78. The van der Waals surface area contributed by atoms with Crippen LogP contribution in [0.25, 0.3) is 0 Å². The number of hydrogen-bond donors (Lipinski definition) is 0. The summed E-state index contributed by atoms with van der Waals surface area (Å²) in [5.41, 5.74) is 0. The molecular formula is C12H23N. The van der Waals surface area contributed by atoms with E-state index in [2.05, 4.69) is 18.9 Å². The third-order valence-corrected chi connectivity index (χ3v) is 4.41. The Morgan fingerprint density at radius 3 is 2.46 bits per heavy atom. The first-order chi connectivity index (χ1) is 6.31. The zero-order valence-corrected chi connectivity index (χ0v) is 9.13. The lowest BCUT2D eigenvalue weighted by atomic mass is 9.72. The quantitative estimate of drug-likeness (QED) is 0.644. The van der Waals surface area contributed by atoms with E-state index in [1.54, 1.807) is 19.3 Å². The first-order valence-electron chi connectivity index (χ1n) is 5.99. The fourth-order valence-corrected chi connectivity index (χ4v) is 3.12. The minimum atomic E-state index is 1.09. The zero-order chi connectivity index (χ0) is 9.26. The number of nitrogens with zero attached hydrogens (tertiary/aromatic N) is 1. The second-order valence-corrected chi connectivity index (χ2v) is 5.02. The molecule has 1 heteroatoms. The van der Waals surface area contributed by atoms with E-state index in [1.165, 1.54) is 25.9 Å². The molecule has 2 aliphatic rings. The van der Waals surface area contributed by atoms with Gasteiger partial charge in [-0.25, -0.2) is 0 Å². The van der Waals surface area contributed by atoms with Gasteiger partial charge in [0.05, 0.1) is 0 Å². The maximum absolute atomic E-state index is 2.45. The van der Waals surface area contributed by atoms with Crippen LogP contribution in [0, 0.1) is 17.8 Å². The Bertz CT molecular complexity index is 167. The fraction of sp³-hybridized carbons (Fsp3) is 1.00. The predicted octanol–water partition coefficient (Wildman–Crippen LogP) is 2.76. The number of fused-ring (bicyclic) bond motifs is 1. The molecule has 2 fully saturated rings. The molecule has 0 spiro atoms. The Morgan fingerprint density at radius 1 is 1.15 bits per heavy atom. The van der Waals surface area contributed by atoms with Gasteiger partial charge in [-0.15, -0.1) is 0 Å². The third kappa shape index (κ3) is 1.90. The molecule has 1 nitrogen and oxygen atoms in total. The highest BCUT2D eigenvalue weighted by molar-refractivity contribution is 4.92. The van der Waals surface area contributed by atoms with Gasteiger partial charge in [0.2, 0.25) is 0 Å². The van der Waals surface area contributed by atoms with E-state index in [9.17, 15) is 0 Å². The van der Waals surface area contributed by atoms with Crippen molar-refractivity contribution in [3.05, 3.63) is 0 Å². The lowest BCUT2D eigenvalue weighted by Crippen LogP contribution is -2.28. The number of rotatable bonds is 4. The van der Waals surface area contributed by atoms with Crippen LogP contribution in [-0.2, 0) is 0 Å². The molecule has 2 aliphatic carbocycles. The predicted molar refractivity (Wildman–Crippen MR) is 56.7 cm³/mol. The Balaban J connectivity index is 1.70. The highest BCUT2D eigenvalue weighted by atomic mass is 15.1. The van der Waals surface area contributed by atoms with Crippen LogP contribution in [0.4, 0.5) is 0 Å². The van der Waals surface area contributed by atoms with Gasteiger partial charge in [-0.1, -0.05) is 6.92 Å². The van der Waals surface area contributed by atoms with Crippen molar-refractivity contribution in [1.29, 1.82) is 0 Å². The van der Waals surface area contributed by atoms with Crippen LogP contribution in [0.1, 0.15) is 39.0 Å². The summed E-state index contributed by atoms with van der Waals surface area (Å²) in [6, 6.07) is 0. The van der Waals surface area contributed by atoms with E-state index in [-0.39, 0.29) is 0 Å². The van der Waals surface area contributed by atoms with Crippen LogP contribution in [0.15, 0.2) is 0 Å². The van der Waals surface area contributed by atoms with E-state index in [1.807, 2.05) is 0 Å². The van der Waals surface area contributed by atoms with Crippen molar-refractivity contribution < 1.29 is 0 Å². The topological polar surface area (TPSA) is 3.24 Å². The van der Waals surface area contributed by atoms with Gasteiger partial charge in [0.15, 0.2) is 0 Å². The summed E-state index contributed by atoms with van der Waals surface area (Å²) < 4.78 is 0. The molecule has 13 heavy (non-hydrogen) atoms. The normalized spacial score (nSPS) is 37.6. The molecule has 0 N–H and O–H groups in total. The molecular weight excluding hydrogens is 158 g/mol. The molecule has 0 bridgehead atoms. The average Bonchev–Trinajstić information content (AvgIpc) is 2.37. The molecule has 3 atom stereocenters. The van der Waals surface area contributed by atoms with Gasteiger partial charge in [0.25, 0.3) is 0 Å². The molecule has 0 heterocycles. The lowest BCUT2D eigenvalue weighted by molar-refractivity contribution is 0.156. The first-order valence-corrected chi connectivity index (χ1v) is 5.99. The van der Waals surface area contributed by atoms with Crippen molar-refractivity contribution in [1.82, 2.24) is 4.90 Å². The monoisotopic (exact) mass is 181 g/mol. The minimum Gasteiger partial charge on any atom is -0.307 e. The molecule has 0 aromatic rings. The molecule has 0 aliphatic heterocycles. The van der Waals surface area contributed by atoms with Gasteiger partial charge in [0, 0.05) is 0 Å². The van der Waals surface area contributed by atoms with Gasteiger partial charge in [-0.3, -0.25) is 0 Å². The van der Waals surface area contributed by atoms with Crippen LogP contribution in [0.2, 0.25) is 0 Å². The largest absolute Gasteiger partial charge is 0.307 e. The van der Waals surface area contributed by atoms with E-state index in [0.717, 1.165) is 17.8 Å². The summed E-state index contributed by atoms with van der Waals surface area (Å²) in [5.74, 6) is 3.38. The SMILES string of the molecule is CCN(C)CCC1CCC2CCC21. The molecule has 2 rings (SSSR count). The van der Waals surface area contributed by atoms with Crippen LogP contribution in [-0.4, -0.2) is 25.0 Å². The Morgan fingerprint density at radius 2 is 1.92 bits per heavy atom. The van der Waals surface area contributed by atoms with Crippen LogP contribution >= 0.6 is 0 Å². The summed E-state index contributed by atoms with van der Waals surface area (Å²) in [7, 11) is 2.24. The molecule has 2 saturated carbocycles. The van der Waals surface area contributed by atoms with E-state index >= 15 is 0 Å². The smallest absolute Gasteiger partial charge is 0.00192 e. The van der Waals surface area contributed by atoms with Crippen molar-refractivity contribution >= 4 is 0 Å². The van der Waals surface area contributed by atoms with E-state index < -0.39 is 0 Å². The average molecular weight is 181 g/mol. The second-order valence-electron chi connectivity index (χ2n) is 5.02. The van der Waals surface area contributed by atoms with Crippen molar-refractivity contribution in [2.24, 2.45) is 17.8 Å². The van der Waals surface area contributed by atoms with E-state index in [4.69, 9.17) is 0 Å². The maximum atomic E-state index is 2.45. The molecule has 3 unspecified atom stereocenters. The van der Waals surface area contributed by atoms with Gasteiger partial charge >= 0.3 is 0 Å². The zero-order valence-electron chi connectivity index (χ0n) is 9.13. The van der Waals surface area contributed by atoms with Crippen molar-refractivity contribution in [2.45, 2.75) is 39.0 Å². The summed E-state index contributed by atoms with van der Waals surface area (Å²) in [5, 5.41) is 0. The Labute approximate surface area is 82.5 Å². The Hall–Kier alpha value is -0.0400. The minimum absolute atomic E-state index is 1.09. The molecule has 0 aromatic heterocycles. The van der Waals surface area contributed by atoms with Gasteiger partial charge in [0.1, 0.15) is 0 Å². The highest BCUT2D eigenvalue weighted by Gasteiger charge is 2.41. The summed E-state index contributed by atoms with van der Waals surface area (Å²) in [4.78, 5) is 2.45. The van der Waals surface area contributed by atoms with Crippen molar-refractivity contribution in [3.63, 3.8) is 0 Å². The van der Waals surface area contributed by atoms with E-state index in [0.29, 0.717) is 0 Å². The molecule has 76 valence electrons. The van der Waals surface area contributed by atoms with Crippen LogP contribution in [0.5, 0.6) is 0 Å². The van der Waals surface area contributed by atoms with Gasteiger partial charge in [-0.2, -0.15) is 0 Å². The molecule has 0 radical (unpaired) electrons. The standard InChI is InChI=1S/C12H23N/c1-3-13(2)9-8-11-5-4-10-6-7-12(10)11/h10-12H,3-9H2,1-2H3. The third-order valence-electron chi connectivity index (χ3n) is 4.41. The number of hydrogen-bond acceptors (Lipinski definition) is 1. The second kappa shape index (κ2) is 4.00. The van der Waals surface area contributed by atoms with Gasteiger partial charge in [-0.05, 0) is 70.0 Å². The van der Waals surface area contributed by atoms with Crippen molar-refractivity contribution in [2.75, 3.05) is 20.1 Å². The summed E-state index contributed by atoms with van der Waals surface area (Å²) in [6.07, 6.45) is 7.64. The Kier molecular flexibility index (Phi) is 2.92. The van der Waals surface area contributed by atoms with Gasteiger partial charge < -0.3 is 4.90 Å². The molecule has 0 aromatic carbocycles. The van der Waals surface area contributed by atoms with Crippen LogP contribution in [0.3, 0.4) is 0 Å². The summed E-state index contributed by atoms with van der Waals surface area (Å²) >= 11 is 0. The lowest BCUT2D eigenvalue weighted by Gasteiger charge is -2.34.